The van der Waals surface area contributed by atoms with Gasteiger partial charge in [0.1, 0.15) is 5.82 Å². The molecule has 0 bridgehead atoms. The summed E-state index contributed by atoms with van der Waals surface area (Å²) in [5.41, 5.74) is 0.739. The van der Waals surface area contributed by atoms with Gasteiger partial charge < -0.3 is 14.3 Å². The number of carbonyl (C=O) groups is 1. The number of rotatable bonds is 5. The van der Waals surface area contributed by atoms with E-state index in [9.17, 15) is 14.9 Å². The Morgan fingerprint density at radius 2 is 2.00 bits per heavy atom. The molecule has 0 spiro atoms. The maximum Gasteiger partial charge on any atom is 0.270 e. The highest BCUT2D eigenvalue weighted by molar-refractivity contribution is 6.33. The molecule has 3 heterocycles. The fourth-order valence-electron chi connectivity index (χ4n) is 3.32. The molecule has 0 aliphatic carbocycles. The lowest BCUT2D eigenvalue weighted by Crippen LogP contribution is -2.49. The lowest BCUT2D eigenvalue weighted by molar-refractivity contribution is -0.384. The molecule has 2 aromatic heterocycles. The van der Waals surface area contributed by atoms with E-state index in [1.165, 1.54) is 18.2 Å². The molecule has 31 heavy (non-hydrogen) atoms. The number of benzene rings is 1. The Morgan fingerprint density at radius 1 is 1.23 bits per heavy atom. The molecule has 1 aliphatic heterocycles. The zero-order chi connectivity index (χ0) is 22.0. The standard InChI is InChI=1S/C20H19ClN6O4/c1-2-18-23-19(24-31-18)13-3-6-17(22-12-13)25-7-9-26(10-8-25)20(28)15-11-14(27(29)30)4-5-16(15)21/h3-6,11-12H,2,7-10H2,1H3. The van der Waals surface area contributed by atoms with E-state index in [1.54, 1.807) is 11.1 Å². The number of nitrogens with zero attached hydrogens (tertiary/aromatic N) is 6. The van der Waals surface area contributed by atoms with Crippen LogP contribution < -0.4 is 4.90 Å². The third-order valence-electron chi connectivity index (χ3n) is 5.06. The van der Waals surface area contributed by atoms with Gasteiger partial charge >= 0.3 is 0 Å². The number of hydrogen-bond donors (Lipinski definition) is 0. The van der Waals surface area contributed by atoms with Crippen LogP contribution in [0.25, 0.3) is 11.4 Å². The third kappa shape index (κ3) is 4.33. The lowest BCUT2D eigenvalue weighted by atomic mass is 10.1. The normalized spacial score (nSPS) is 14.0. The van der Waals surface area contributed by atoms with Crippen LogP contribution in [0.1, 0.15) is 23.2 Å². The summed E-state index contributed by atoms with van der Waals surface area (Å²) in [6, 6.07) is 7.64. The van der Waals surface area contributed by atoms with Gasteiger partial charge in [-0.25, -0.2) is 4.98 Å². The van der Waals surface area contributed by atoms with Gasteiger partial charge in [-0.3, -0.25) is 14.9 Å². The smallest absolute Gasteiger partial charge is 0.270 e. The van der Waals surface area contributed by atoms with Gasteiger partial charge in [-0.2, -0.15) is 4.98 Å². The Labute approximate surface area is 182 Å². The minimum absolute atomic E-state index is 0.137. The van der Waals surface area contributed by atoms with Crippen molar-refractivity contribution in [2.75, 3.05) is 31.1 Å². The van der Waals surface area contributed by atoms with Crippen LogP contribution in [0.4, 0.5) is 11.5 Å². The van der Waals surface area contributed by atoms with Gasteiger partial charge in [0.25, 0.3) is 11.6 Å². The number of nitro groups is 1. The highest BCUT2D eigenvalue weighted by Crippen LogP contribution is 2.25. The fraction of sp³-hybridized carbons (Fsp3) is 0.300. The van der Waals surface area contributed by atoms with Crippen LogP contribution in [0.5, 0.6) is 0 Å². The molecule has 0 unspecified atom stereocenters. The van der Waals surface area contributed by atoms with Crippen molar-refractivity contribution < 1.29 is 14.2 Å². The second-order valence-electron chi connectivity index (χ2n) is 6.97. The molecule has 0 N–H and O–H groups in total. The Morgan fingerprint density at radius 3 is 2.61 bits per heavy atom. The van der Waals surface area contributed by atoms with Gasteiger partial charge in [0.05, 0.1) is 15.5 Å². The Hall–Kier alpha value is -3.53. The summed E-state index contributed by atoms with van der Waals surface area (Å²) in [7, 11) is 0. The summed E-state index contributed by atoms with van der Waals surface area (Å²) < 4.78 is 5.13. The van der Waals surface area contributed by atoms with Crippen molar-refractivity contribution in [2.45, 2.75) is 13.3 Å². The monoisotopic (exact) mass is 442 g/mol. The molecule has 1 aromatic carbocycles. The zero-order valence-corrected chi connectivity index (χ0v) is 17.4. The molecule has 3 aromatic rings. The molecule has 0 saturated carbocycles. The van der Waals surface area contributed by atoms with Gasteiger partial charge in [0, 0.05) is 56.5 Å². The maximum atomic E-state index is 12.8. The van der Waals surface area contributed by atoms with Crippen LogP contribution in [0.3, 0.4) is 0 Å². The summed E-state index contributed by atoms with van der Waals surface area (Å²) in [6.07, 6.45) is 2.36. The number of nitro benzene ring substituents is 1. The summed E-state index contributed by atoms with van der Waals surface area (Å²) in [4.78, 5) is 35.8. The quantitative estimate of drug-likeness (QED) is 0.436. The largest absolute Gasteiger partial charge is 0.353 e. The van der Waals surface area contributed by atoms with Crippen LogP contribution >= 0.6 is 11.6 Å². The van der Waals surface area contributed by atoms with E-state index in [-0.39, 0.29) is 22.2 Å². The number of anilines is 1. The second-order valence-corrected chi connectivity index (χ2v) is 7.38. The molecule has 0 radical (unpaired) electrons. The first-order chi connectivity index (χ1) is 15.0. The third-order valence-corrected chi connectivity index (χ3v) is 5.39. The minimum atomic E-state index is -0.544. The SMILES string of the molecule is CCc1nc(-c2ccc(N3CCN(C(=O)c4cc([N+](=O)[O-])ccc4Cl)CC3)nc2)no1. The van der Waals surface area contributed by atoms with Crippen molar-refractivity contribution in [1.82, 2.24) is 20.0 Å². The van der Waals surface area contributed by atoms with E-state index in [0.29, 0.717) is 44.3 Å². The lowest BCUT2D eigenvalue weighted by Gasteiger charge is -2.35. The van der Waals surface area contributed by atoms with Gasteiger partial charge in [0.2, 0.25) is 11.7 Å². The summed E-state index contributed by atoms with van der Waals surface area (Å²) >= 11 is 6.11. The average molecular weight is 443 g/mol. The van der Waals surface area contributed by atoms with Gasteiger partial charge in [-0.15, -0.1) is 0 Å². The van der Waals surface area contributed by atoms with Gasteiger partial charge in [0.15, 0.2) is 0 Å². The van der Waals surface area contributed by atoms with E-state index < -0.39 is 4.92 Å². The van der Waals surface area contributed by atoms with E-state index in [2.05, 4.69) is 20.0 Å². The number of carbonyl (C=O) groups excluding carboxylic acids is 1. The first-order valence-electron chi connectivity index (χ1n) is 9.73. The van der Waals surface area contributed by atoms with Crippen molar-refractivity contribution in [2.24, 2.45) is 0 Å². The Balaban J connectivity index is 1.41. The van der Waals surface area contributed by atoms with Crippen LogP contribution in [0, 0.1) is 10.1 Å². The molecular formula is C20H19ClN6O4. The molecular weight excluding hydrogens is 424 g/mol. The van der Waals surface area contributed by atoms with E-state index in [0.717, 1.165) is 11.4 Å². The van der Waals surface area contributed by atoms with Crippen molar-refractivity contribution >= 4 is 29.0 Å². The highest BCUT2D eigenvalue weighted by atomic mass is 35.5. The number of pyridine rings is 1. The Bertz CT molecular complexity index is 1110. The van der Waals surface area contributed by atoms with E-state index >= 15 is 0 Å². The first-order valence-corrected chi connectivity index (χ1v) is 10.1. The van der Waals surface area contributed by atoms with Crippen molar-refractivity contribution in [1.29, 1.82) is 0 Å². The molecule has 4 rings (SSSR count). The van der Waals surface area contributed by atoms with Crippen molar-refractivity contribution in [3.8, 4) is 11.4 Å². The highest BCUT2D eigenvalue weighted by Gasteiger charge is 2.25. The van der Waals surface area contributed by atoms with Crippen LogP contribution in [0.2, 0.25) is 5.02 Å². The van der Waals surface area contributed by atoms with E-state index in [1.807, 2.05) is 19.1 Å². The topological polar surface area (TPSA) is 118 Å². The predicted octanol–water partition coefficient (Wildman–Crippen LogP) is 3.22. The zero-order valence-electron chi connectivity index (χ0n) is 16.7. The minimum Gasteiger partial charge on any atom is -0.353 e. The molecule has 11 heteroatoms. The van der Waals surface area contributed by atoms with Gasteiger partial charge in [-0.1, -0.05) is 23.7 Å². The maximum absolute atomic E-state index is 12.8. The Kier molecular flexibility index (Phi) is 5.81. The van der Waals surface area contributed by atoms with Gasteiger partial charge in [-0.05, 0) is 18.2 Å². The van der Waals surface area contributed by atoms with Crippen LogP contribution in [0.15, 0.2) is 41.1 Å². The number of aromatic nitrogens is 3. The molecule has 160 valence electrons. The average Bonchev–Trinajstić information content (AvgIpc) is 3.28. The summed E-state index contributed by atoms with van der Waals surface area (Å²) in [5, 5.41) is 15.1. The van der Waals surface area contributed by atoms with Crippen molar-refractivity contribution in [3.63, 3.8) is 0 Å². The fourth-order valence-corrected chi connectivity index (χ4v) is 3.52. The molecule has 1 fully saturated rings. The van der Waals surface area contributed by atoms with E-state index in [4.69, 9.17) is 16.1 Å². The predicted molar refractivity (Wildman–Crippen MR) is 113 cm³/mol. The van der Waals surface area contributed by atoms with Crippen LogP contribution in [-0.2, 0) is 6.42 Å². The number of non-ortho nitro benzene ring substituents is 1. The molecule has 1 amide bonds. The van der Waals surface area contributed by atoms with Crippen molar-refractivity contribution in [3.05, 3.63) is 63.1 Å². The summed E-state index contributed by atoms with van der Waals surface area (Å²) in [6.45, 7) is 3.99. The number of piperazine rings is 1. The number of hydrogen-bond acceptors (Lipinski definition) is 8. The molecule has 1 saturated heterocycles. The second kappa shape index (κ2) is 8.68. The first kappa shape index (κ1) is 20.7. The number of amides is 1. The molecule has 10 nitrogen and oxygen atoms in total. The summed E-state index contributed by atoms with van der Waals surface area (Å²) in [5.74, 6) is 1.53. The molecule has 0 atom stereocenters. The number of halogens is 1. The number of aryl methyl sites for hydroxylation is 1. The molecule has 1 aliphatic rings. The van der Waals surface area contributed by atoms with Crippen LogP contribution in [-0.4, -0.2) is 57.0 Å².